The van der Waals surface area contributed by atoms with Crippen molar-refractivity contribution in [2.24, 2.45) is 30.7 Å². The highest BCUT2D eigenvalue weighted by Crippen LogP contribution is 2.45. The topological polar surface area (TPSA) is 335 Å². The van der Waals surface area contributed by atoms with Crippen LogP contribution in [0.4, 0.5) is 39.8 Å². The molecule has 0 radical (unpaired) electrons. The minimum atomic E-state index is -5.06. The SMILES string of the molecule is O=C(O)c1cc(/N=N\c2ccc(N=Nc3ccc(N=Nc4c(S(=O)(=O)O)cc5cc(N6Cc7ccccc7C6)ccc5c4O)c4cc(S(=O)(=O)O)ccc34)c3cc(S(=O)(=O)O)ccc23)cc(C(=O)O)c1. The van der Waals surface area contributed by atoms with Gasteiger partial charge in [-0.1, -0.05) is 36.4 Å². The quantitative estimate of drug-likeness (QED) is 0.0489. The average Bonchev–Trinajstić information content (AvgIpc) is 3.76. The third-order valence-electron chi connectivity index (χ3n) is 11.2. The second-order valence-corrected chi connectivity index (χ2v) is 19.9. The lowest BCUT2D eigenvalue weighted by molar-refractivity contribution is 0.0696. The molecule has 0 fully saturated rings. The van der Waals surface area contributed by atoms with Crippen LogP contribution in [0.5, 0.6) is 5.75 Å². The van der Waals surface area contributed by atoms with E-state index in [1.807, 2.05) is 24.3 Å². The van der Waals surface area contributed by atoms with Gasteiger partial charge in [-0.3, -0.25) is 13.7 Å². The van der Waals surface area contributed by atoms with Crippen molar-refractivity contribution in [2.75, 3.05) is 4.90 Å². The molecule has 0 spiro atoms. The zero-order valence-corrected chi connectivity index (χ0v) is 37.8. The summed E-state index contributed by atoms with van der Waals surface area (Å²) in [4.78, 5) is 23.4. The number of rotatable bonds is 12. The van der Waals surface area contributed by atoms with Crippen LogP contribution >= 0.6 is 0 Å². The van der Waals surface area contributed by atoms with E-state index in [4.69, 9.17) is 0 Å². The Balaban J connectivity index is 1.11. The van der Waals surface area contributed by atoms with E-state index in [0.717, 1.165) is 59.7 Å². The first-order valence-corrected chi connectivity index (χ1v) is 24.5. The van der Waals surface area contributed by atoms with Crippen LogP contribution in [0.25, 0.3) is 32.3 Å². The fraction of sp³-hybridized carbons (Fsp3) is 0.0435. The van der Waals surface area contributed by atoms with Crippen molar-refractivity contribution in [2.45, 2.75) is 27.8 Å². The molecule has 24 heteroatoms. The molecule has 1 heterocycles. The highest BCUT2D eigenvalue weighted by Gasteiger charge is 2.25. The number of phenols is 1. The highest BCUT2D eigenvalue weighted by molar-refractivity contribution is 7.86. The molecule has 0 aromatic heterocycles. The number of azo groups is 3. The molecule has 1 aliphatic rings. The summed E-state index contributed by atoms with van der Waals surface area (Å²) in [6.45, 7) is 1.18. The van der Waals surface area contributed by atoms with Crippen molar-refractivity contribution in [3.8, 4) is 5.75 Å². The van der Waals surface area contributed by atoms with Gasteiger partial charge in [-0.25, -0.2) is 9.59 Å². The Morgan fingerprint density at radius 1 is 0.471 bits per heavy atom. The number of phenolic OH excluding ortho intramolecular Hbond substituents is 1. The lowest BCUT2D eigenvalue weighted by Crippen LogP contribution is -2.14. The minimum absolute atomic E-state index is 0.00544. The lowest BCUT2D eigenvalue weighted by Gasteiger charge is -2.19. The summed E-state index contributed by atoms with van der Waals surface area (Å²) in [5.41, 5.74) is 1.40. The molecule has 0 saturated carbocycles. The Morgan fingerprint density at radius 2 is 0.929 bits per heavy atom. The number of aromatic carboxylic acids is 2. The number of carboxylic acids is 2. The predicted octanol–water partition coefficient (Wildman–Crippen LogP) is 10.8. The van der Waals surface area contributed by atoms with Gasteiger partial charge in [0.25, 0.3) is 30.4 Å². The maximum absolute atomic E-state index is 12.8. The molecule has 21 nitrogen and oxygen atoms in total. The first-order valence-electron chi connectivity index (χ1n) is 20.2. The molecule has 6 N–H and O–H groups in total. The van der Waals surface area contributed by atoms with Crippen LogP contribution in [0.1, 0.15) is 31.8 Å². The molecule has 0 saturated heterocycles. The number of carbonyl (C=O) groups is 2. The zero-order valence-electron chi connectivity index (χ0n) is 35.3. The summed E-state index contributed by atoms with van der Waals surface area (Å²) in [6, 6.07) is 29.2. The van der Waals surface area contributed by atoms with Gasteiger partial charge < -0.3 is 20.2 Å². The van der Waals surface area contributed by atoms with Crippen molar-refractivity contribution in [3.05, 3.63) is 150 Å². The molecule has 8 aromatic carbocycles. The van der Waals surface area contributed by atoms with Gasteiger partial charge in [-0.15, -0.1) is 25.6 Å². The molecule has 9 rings (SSSR count). The van der Waals surface area contributed by atoms with Gasteiger partial charge in [0.1, 0.15) is 10.6 Å². The maximum Gasteiger partial charge on any atom is 0.335 e. The van der Waals surface area contributed by atoms with E-state index in [1.54, 1.807) is 18.2 Å². The van der Waals surface area contributed by atoms with Crippen LogP contribution in [-0.2, 0) is 43.4 Å². The van der Waals surface area contributed by atoms with Gasteiger partial charge in [-0.2, -0.15) is 30.4 Å². The van der Waals surface area contributed by atoms with Gasteiger partial charge >= 0.3 is 11.9 Å². The van der Waals surface area contributed by atoms with E-state index in [2.05, 4.69) is 35.6 Å². The number of benzene rings is 8. The molecular formula is C46H31N7O14S3. The predicted molar refractivity (Wildman–Crippen MR) is 252 cm³/mol. The fourth-order valence-corrected chi connectivity index (χ4v) is 9.52. The molecular weight excluding hydrogens is 971 g/mol. The van der Waals surface area contributed by atoms with Crippen molar-refractivity contribution in [1.29, 1.82) is 0 Å². The molecule has 0 aliphatic carbocycles. The van der Waals surface area contributed by atoms with Gasteiger partial charge in [0.05, 0.1) is 49.4 Å². The molecule has 1 aliphatic heterocycles. The van der Waals surface area contributed by atoms with E-state index in [-0.39, 0.29) is 71.9 Å². The second-order valence-electron chi connectivity index (χ2n) is 15.6. The maximum atomic E-state index is 12.8. The van der Waals surface area contributed by atoms with E-state index in [0.29, 0.717) is 18.8 Å². The lowest BCUT2D eigenvalue weighted by atomic mass is 10.1. The number of nitrogens with zero attached hydrogens (tertiary/aromatic N) is 7. The number of aromatic hydroxyl groups is 1. The van der Waals surface area contributed by atoms with Crippen LogP contribution in [0.15, 0.2) is 173 Å². The monoisotopic (exact) mass is 1000 g/mol. The number of fused-ring (bicyclic) bond motifs is 4. The summed E-state index contributed by atoms with van der Waals surface area (Å²) >= 11 is 0. The largest absolute Gasteiger partial charge is 0.505 e. The van der Waals surface area contributed by atoms with E-state index < -0.39 is 68.4 Å². The smallest absolute Gasteiger partial charge is 0.335 e. The summed E-state index contributed by atoms with van der Waals surface area (Å²) in [5, 5.41) is 56.2. The van der Waals surface area contributed by atoms with Crippen LogP contribution in [-0.4, -0.2) is 66.2 Å². The van der Waals surface area contributed by atoms with E-state index in [1.165, 1.54) is 36.4 Å². The number of hydrogen-bond donors (Lipinski definition) is 6. The first kappa shape index (κ1) is 46.7. The molecule has 0 amide bonds. The van der Waals surface area contributed by atoms with Gasteiger partial charge in [0, 0.05) is 45.7 Å². The van der Waals surface area contributed by atoms with Gasteiger partial charge in [-0.05, 0) is 108 Å². The summed E-state index contributed by atoms with van der Waals surface area (Å²) in [7, 11) is -14.7. The molecule has 352 valence electrons. The summed E-state index contributed by atoms with van der Waals surface area (Å²) < 4.78 is 105. The number of carboxylic acid groups (broad SMARTS) is 2. The third kappa shape index (κ3) is 9.27. The van der Waals surface area contributed by atoms with Crippen LogP contribution in [0, 0.1) is 0 Å². The van der Waals surface area contributed by atoms with Crippen LogP contribution < -0.4 is 4.90 Å². The van der Waals surface area contributed by atoms with Crippen LogP contribution in [0.2, 0.25) is 0 Å². The van der Waals surface area contributed by atoms with Gasteiger partial charge in [0.15, 0.2) is 5.75 Å². The van der Waals surface area contributed by atoms with Crippen LogP contribution in [0.3, 0.4) is 0 Å². The normalized spacial score (nSPS) is 13.4. The minimum Gasteiger partial charge on any atom is -0.505 e. The Morgan fingerprint density at radius 3 is 1.40 bits per heavy atom. The molecule has 8 aromatic rings. The Kier molecular flexibility index (Phi) is 11.7. The molecule has 0 unspecified atom stereocenters. The van der Waals surface area contributed by atoms with E-state index in [9.17, 15) is 63.8 Å². The van der Waals surface area contributed by atoms with Gasteiger partial charge in [0.2, 0.25) is 0 Å². The Hall–Kier alpha value is -8.39. The summed E-state index contributed by atoms with van der Waals surface area (Å²) in [5.74, 6) is -3.48. The number of hydrogen-bond acceptors (Lipinski definition) is 16. The Labute approximate surface area is 395 Å². The zero-order chi connectivity index (χ0) is 49.9. The highest BCUT2D eigenvalue weighted by atomic mass is 32.2. The van der Waals surface area contributed by atoms with Crippen molar-refractivity contribution in [3.63, 3.8) is 0 Å². The second kappa shape index (κ2) is 17.6. The van der Waals surface area contributed by atoms with Crippen molar-refractivity contribution >= 4 is 114 Å². The average molecular weight is 1000 g/mol. The molecule has 70 heavy (non-hydrogen) atoms. The number of anilines is 1. The third-order valence-corrected chi connectivity index (χ3v) is 13.8. The Bertz CT molecular complexity index is 3980. The first-order chi connectivity index (χ1) is 33.1. The van der Waals surface area contributed by atoms with Crippen molar-refractivity contribution < 1.29 is 63.8 Å². The van der Waals surface area contributed by atoms with E-state index >= 15 is 0 Å². The molecule has 0 bridgehead atoms. The summed E-state index contributed by atoms with van der Waals surface area (Å²) in [6.07, 6.45) is 0. The standard InChI is InChI=1S/C46H31N7O14S3/c54-44-33-8-5-30(53-22-24-3-1-2-4-25(24)23-53)18-26(33)19-42(70(65,66)67)43(44)52-51-41-14-12-39(35-10-7-32(21-37(35)41)69(62,63)64)49-50-40-13-11-38(34-9-6-31(20-36(34)40)68(59,60)61)48-47-29-16-27(45(55)56)15-28(17-29)46(57)58/h1-21,54H,22-23H2,(H,55,56)(H,57,58)(H,59,60,61)(H,62,63,64)(H,65,66,67)/b48-47-,50-49?,52-51?. The molecule has 0 atom stereocenters. The van der Waals surface area contributed by atoms with Crippen molar-refractivity contribution in [1.82, 2.24) is 0 Å². The fourth-order valence-electron chi connectivity index (χ4n) is 7.85.